The van der Waals surface area contributed by atoms with Crippen LogP contribution in [0.25, 0.3) is 0 Å². The molecule has 4 nitrogen and oxygen atoms in total. The van der Waals surface area contributed by atoms with Crippen molar-refractivity contribution in [3.05, 3.63) is 23.5 Å². The average molecular weight is 305 g/mol. The molecular formula is C13H21ClN2O2S. The molecule has 0 aliphatic heterocycles. The predicted octanol–water partition coefficient (Wildman–Crippen LogP) is 3.32. The van der Waals surface area contributed by atoms with E-state index in [-0.39, 0.29) is 16.1 Å². The molecule has 0 N–H and O–H groups in total. The van der Waals surface area contributed by atoms with Crippen LogP contribution < -0.4 is 0 Å². The van der Waals surface area contributed by atoms with Crippen molar-refractivity contribution in [1.82, 2.24) is 9.29 Å². The van der Waals surface area contributed by atoms with Crippen LogP contribution in [-0.2, 0) is 10.0 Å². The number of unbranched alkanes of at least 4 members (excludes halogenated alkanes) is 2. The molecule has 0 saturated heterocycles. The fourth-order valence-corrected chi connectivity index (χ4v) is 3.97. The fourth-order valence-electron chi connectivity index (χ4n) is 1.86. The Morgan fingerprint density at radius 1 is 1.37 bits per heavy atom. The fraction of sp³-hybridized carbons (Fsp3) is 0.615. The van der Waals surface area contributed by atoms with Crippen LogP contribution in [0.5, 0.6) is 0 Å². The summed E-state index contributed by atoms with van der Waals surface area (Å²) in [5, 5.41) is 0.0311. The highest BCUT2D eigenvalue weighted by Crippen LogP contribution is 2.24. The minimum atomic E-state index is -3.57. The molecule has 1 aromatic rings. The van der Waals surface area contributed by atoms with Gasteiger partial charge in [-0.05, 0) is 32.4 Å². The van der Waals surface area contributed by atoms with Crippen LogP contribution in [0.4, 0.5) is 0 Å². The molecule has 0 amide bonds. The van der Waals surface area contributed by atoms with Gasteiger partial charge in [-0.15, -0.1) is 0 Å². The van der Waals surface area contributed by atoms with E-state index in [9.17, 15) is 8.42 Å². The smallest absolute Gasteiger partial charge is 0.243 e. The lowest BCUT2D eigenvalue weighted by atomic mass is 10.2. The zero-order valence-corrected chi connectivity index (χ0v) is 13.2. The minimum absolute atomic E-state index is 0.0311. The molecule has 6 heteroatoms. The number of nitrogens with zero attached hydrogens (tertiary/aromatic N) is 2. The molecule has 0 aliphatic rings. The van der Waals surface area contributed by atoms with E-state index in [1.54, 1.807) is 6.07 Å². The van der Waals surface area contributed by atoms with Gasteiger partial charge >= 0.3 is 0 Å². The van der Waals surface area contributed by atoms with Crippen molar-refractivity contribution in [1.29, 1.82) is 0 Å². The van der Waals surface area contributed by atoms with Gasteiger partial charge in [0, 0.05) is 18.8 Å². The number of halogens is 1. The molecule has 0 spiro atoms. The van der Waals surface area contributed by atoms with Crippen molar-refractivity contribution < 1.29 is 8.42 Å². The highest BCUT2D eigenvalue weighted by atomic mass is 35.5. The summed E-state index contributed by atoms with van der Waals surface area (Å²) in [6.45, 7) is 6.34. The summed E-state index contributed by atoms with van der Waals surface area (Å²) in [7, 11) is -3.57. The lowest BCUT2D eigenvalue weighted by molar-refractivity contribution is 0.345. The van der Waals surface area contributed by atoms with Gasteiger partial charge in [-0.1, -0.05) is 31.4 Å². The van der Waals surface area contributed by atoms with Gasteiger partial charge in [0.15, 0.2) is 0 Å². The van der Waals surface area contributed by atoms with E-state index in [0.717, 1.165) is 19.3 Å². The third-order valence-corrected chi connectivity index (χ3v) is 5.39. The van der Waals surface area contributed by atoms with Crippen molar-refractivity contribution in [2.75, 3.05) is 6.54 Å². The van der Waals surface area contributed by atoms with Gasteiger partial charge in [0.05, 0.1) is 0 Å². The van der Waals surface area contributed by atoms with E-state index >= 15 is 0 Å². The Kier molecular flexibility index (Phi) is 6.23. The van der Waals surface area contributed by atoms with Crippen molar-refractivity contribution in [2.24, 2.45) is 0 Å². The summed E-state index contributed by atoms with van der Waals surface area (Å²) < 4.78 is 26.7. The van der Waals surface area contributed by atoms with Crippen LogP contribution in [0.2, 0.25) is 5.15 Å². The van der Waals surface area contributed by atoms with Gasteiger partial charge < -0.3 is 0 Å². The van der Waals surface area contributed by atoms with Crippen molar-refractivity contribution in [2.45, 2.75) is 51.0 Å². The van der Waals surface area contributed by atoms with Gasteiger partial charge in [-0.3, -0.25) is 0 Å². The molecule has 0 radical (unpaired) electrons. The number of sulfonamides is 1. The lowest BCUT2D eigenvalue weighted by Gasteiger charge is -2.26. The second-order valence-corrected chi connectivity index (χ2v) is 6.93. The molecule has 0 unspecified atom stereocenters. The minimum Gasteiger partial charge on any atom is -0.243 e. The van der Waals surface area contributed by atoms with E-state index in [1.807, 2.05) is 13.8 Å². The van der Waals surface area contributed by atoms with Gasteiger partial charge in [0.2, 0.25) is 10.0 Å². The number of hydrogen-bond acceptors (Lipinski definition) is 3. The van der Waals surface area contributed by atoms with Gasteiger partial charge in [0.1, 0.15) is 10.0 Å². The first-order chi connectivity index (χ1) is 8.91. The zero-order chi connectivity index (χ0) is 14.5. The second kappa shape index (κ2) is 7.22. The predicted molar refractivity (Wildman–Crippen MR) is 77.8 cm³/mol. The third kappa shape index (κ3) is 4.16. The van der Waals surface area contributed by atoms with Crippen molar-refractivity contribution in [3.8, 4) is 0 Å². The molecule has 0 atom stereocenters. The van der Waals surface area contributed by atoms with E-state index < -0.39 is 10.0 Å². The maximum atomic E-state index is 12.6. The average Bonchev–Trinajstić information content (AvgIpc) is 2.34. The van der Waals surface area contributed by atoms with E-state index in [0.29, 0.717) is 6.54 Å². The molecule has 108 valence electrons. The molecule has 19 heavy (non-hydrogen) atoms. The quantitative estimate of drug-likeness (QED) is 0.573. The van der Waals surface area contributed by atoms with E-state index in [2.05, 4.69) is 11.9 Å². The summed E-state index contributed by atoms with van der Waals surface area (Å²) in [4.78, 5) is 3.93. The Labute approximate surface area is 120 Å². The SMILES string of the molecule is CCCCCN(C(C)C)S(=O)(=O)c1cccnc1Cl. The molecule has 0 fully saturated rings. The van der Waals surface area contributed by atoms with E-state index in [1.165, 1.54) is 16.6 Å². The summed E-state index contributed by atoms with van der Waals surface area (Å²) >= 11 is 5.90. The molecule has 1 heterocycles. The molecule has 0 bridgehead atoms. The molecule has 0 saturated carbocycles. The van der Waals surface area contributed by atoms with Crippen LogP contribution in [0.1, 0.15) is 40.0 Å². The Morgan fingerprint density at radius 3 is 2.58 bits per heavy atom. The number of aromatic nitrogens is 1. The van der Waals surface area contributed by atoms with Crippen LogP contribution in [0, 0.1) is 0 Å². The first-order valence-electron chi connectivity index (χ1n) is 6.53. The summed E-state index contributed by atoms with van der Waals surface area (Å²) in [6, 6.07) is 2.99. The third-order valence-electron chi connectivity index (χ3n) is 2.87. The summed E-state index contributed by atoms with van der Waals surface area (Å²) in [5.74, 6) is 0. The maximum absolute atomic E-state index is 12.6. The lowest BCUT2D eigenvalue weighted by Crippen LogP contribution is -2.37. The maximum Gasteiger partial charge on any atom is 0.246 e. The zero-order valence-electron chi connectivity index (χ0n) is 11.6. The topological polar surface area (TPSA) is 50.3 Å². The largest absolute Gasteiger partial charge is 0.246 e. The Balaban J connectivity index is 3.03. The Hall–Kier alpha value is -0.650. The standard InChI is InChI=1S/C13H21ClN2O2S/c1-4-5-6-10-16(11(2)3)19(17,18)12-8-7-9-15-13(12)14/h7-9,11H,4-6,10H2,1-3H3. The van der Waals surface area contributed by atoms with Crippen LogP contribution in [-0.4, -0.2) is 30.3 Å². The number of rotatable bonds is 7. The van der Waals surface area contributed by atoms with Gasteiger partial charge in [-0.2, -0.15) is 4.31 Å². The second-order valence-electron chi connectivity index (χ2n) is 4.71. The number of pyridine rings is 1. The van der Waals surface area contributed by atoms with Crippen molar-refractivity contribution in [3.63, 3.8) is 0 Å². The molecule has 1 rings (SSSR count). The normalized spacial score (nSPS) is 12.3. The molecule has 0 aromatic carbocycles. The summed E-state index contributed by atoms with van der Waals surface area (Å²) in [6.07, 6.45) is 4.41. The van der Waals surface area contributed by atoms with Crippen LogP contribution in [0.15, 0.2) is 23.2 Å². The number of hydrogen-bond donors (Lipinski definition) is 0. The molecule has 0 aliphatic carbocycles. The molecule has 1 aromatic heterocycles. The Bertz CT molecular complexity index is 503. The monoisotopic (exact) mass is 304 g/mol. The highest BCUT2D eigenvalue weighted by Gasteiger charge is 2.28. The van der Waals surface area contributed by atoms with E-state index in [4.69, 9.17) is 11.6 Å². The molecular weight excluding hydrogens is 284 g/mol. The highest BCUT2D eigenvalue weighted by molar-refractivity contribution is 7.89. The van der Waals surface area contributed by atoms with Crippen LogP contribution >= 0.6 is 11.6 Å². The first-order valence-corrected chi connectivity index (χ1v) is 8.35. The van der Waals surface area contributed by atoms with Crippen molar-refractivity contribution >= 4 is 21.6 Å². The first kappa shape index (κ1) is 16.4. The Morgan fingerprint density at radius 2 is 2.05 bits per heavy atom. The summed E-state index contributed by atoms with van der Waals surface area (Å²) in [5.41, 5.74) is 0. The van der Waals surface area contributed by atoms with Crippen LogP contribution in [0.3, 0.4) is 0 Å². The van der Waals surface area contributed by atoms with Gasteiger partial charge in [-0.25, -0.2) is 13.4 Å². The van der Waals surface area contributed by atoms with Gasteiger partial charge in [0.25, 0.3) is 0 Å².